The van der Waals surface area contributed by atoms with Gasteiger partial charge in [0, 0.05) is 23.7 Å². The predicted molar refractivity (Wildman–Crippen MR) is 102 cm³/mol. The van der Waals surface area contributed by atoms with Crippen molar-refractivity contribution >= 4 is 32.6 Å². The molecule has 0 aliphatic heterocycles. The second-order valence-corrected chi connectivity index (χ2v) is 8.50. The summed E-state index contributed by atoms with van der Waals surface area (Å²) in [5, 5.41) is 17.9. The number of rotatable bonds is 6. The minimum atomic E-state index is -3.71. The molecular formula is C18H21N3O4S. The van der Waals surface area contributed by atoms with Crippen molar-refractivity contribution in [1.82, 2.24) is 0 Å². The van der Waals surface area contributed by atoms with Gasteiger partial charge in [-0.2, -0.15) is 0 Å². The zero-order valence-corrected chi connectivity index (χ0v) is 15.3. The first kappa shape index (κ1) is 18.2. The molecule has 2 aromatic carbocycles. The molecule has 0 heterocycles. The van der Waals surface area contributed by atoms with Crippen molar-refractivity contribution in [3.05, 3.63) is 52.6 Å². The van der Waals surface area contributed by atoms with Crippen LogP contribution in [-0.4, -0.2) is 25.6 Å². The fourth-order valence-corrected chi connectivity index (χ4v) is 4.12. The highest BCUT2D eigenvalue weighted by Crippen LogP contribution is 2.34. The van der Waals surface area contributed by atoms with Crippen LogP contribution in [0.15, 0.2) is 47.4 Å². The summed E-state index contributed by atoms with van der Waals surface area (Å²) in [5.74, 6) is 0. The lowest BCUT2D eigenvalue weighted by molar-refractivity contribution is -0.386. The van der Waals surface area contributed by atoms with Gasteiger partial charge in [0.25, 0.3) is 0 Å². The number of nitro groups is 1. The Hall–Kier alpha value is -2.61. The van der Waals surface area contributed by atoms with Gasteiger partial charge in [0.1, 0.15) is 10.6 Å². The Balaban J connectivity index is 1.90. The van der Waals surface area contributed by atoms with Gasteiger partial charge in [-0.3, -0.25) is 10.1 Å². The van der Waals surface area contributed by atoms with Crippen LogP contribution in [0.4, 0.5) is 22.7 Å². The maximum atomic E-state index is 11.9. The van der Waals surface area contributed by atoms with Gasteiger partial charge in [0.05, 0.1) is 4.92 Å². The molecule has 0 unspecified atom stereocenters. The summed E-state index contributed by atoms with van der Waals surface area (Å²) in [6, 6.07) is 12.2. The molecular weight excluding hydrogens is 354 g/mol. The molecule has 1 saturated carbocycles. The van der Waals surface area contributed by atoms with Gasteiger partial charge < -0.3 is 10.6 Å². The molecule has 0 bridgehead atoms. The summed E-state index contributed by atoms with van der Waals surface area (Å²) in [4.78, 5) is 10.5. The molecule has 138 valence electrons. The van der Waals surface area contributed by atoms with E-state index in [1.54, 1.807) is 6.07 Å². The van der Waals surface area contributed by atoms with Crippen LogP contribution >= 0.6 is 0 Å². The number of anilines is 3. The van der Waals surface area contributed by atoms with Crippen LogP contribution in [0.2, 0.25) is 0 Å². The van der Waals surface area contributed by atoms with E-state index in [-0.39, 0.29) is 10.6 Å². The van der Waals surface area contributed by atoms with E-state index < -0.39 is 20.4 Å². The quantitative estimate of drug-likeness (QED) is 0.582. The summed E-state index contributed by atoms with van der Waals surface area (Å²) in [5.41, 5.74) is 1.30. The zero-order chi connectivity index (χ0) is 18.7. The lowest BCUT2D eigenvalue weighted by atomic mass is 10.2. The summed E-state index contributed by atoms with van der Waals surface area (Å²) in [6.07, 6.45) is 5.69. The summed E-state index contributed by atoms with van der Waals surface area (Å²) in [6.45, 7) is 0. The molecule has 2 N–H and O–H groups in total. The average molecular weight is 375 g/mol. The van der Waals surface area contributed by atoms with Crippen LogP contribution in [-0.2, 0) is 9.84 Å². The van der Waals surface area contributed by atoms with Crippen molar-refractivity contribution < 1.29 is 13.3 Å². The molecule has 2 aromatic rings. The van der Waals surface area contributed by atoms with Crippen LogP contribution in [0.5, 0.6) is 0 Å². The van der Waals surface area contributed by atoms with Crippen LogP contribution < -0.4 is 10.6 Å². The lowest BCUT2D eigenvalue weighted by Crippen LogP contribution is -2.14. The van der Waals surface area contributed by atoms with Crippen molar-refractivity contribution in [3.63, 3.8) is 0 Å². The fraction of sp³-hybridized carbons (Fsp3) is 0.333. The van der Waals surface area contributed by atoms with E-state index in [4.69, 9.17) is 0 Å². The number of nitrogens with zero attached hydrogens (tertiary/aromatic N) is 1. The second kappa shape index (κ2) is 7.33. The first-order valence-corrected chi connectivity index (χ1v) is 10.3. The summed E-state index contributed by atoms with van der Waals surface area (Å²) < 4.78 is 23.7. The van der Waals surface area contributed by atoms with Crippen LogP contribution in [0, 0.1) is 10.1 Å². The molecule has 0 radical (unpaired) electrons. The van der Waals surface area contributed by atoms with E-state index in [1.165, 1.54) is 31.0 Å². The third-order valence-corrected chi connectivity index (χ3v) is 5.58. The Kier molecular flexibility index (Phi) is 5.13. The van der Waals surface area contributed by atoms with Crippen molar-refractivity contribution in [3.8, 4) is 0 Å². The molecule has 3 rings (SSSR count). The highest BCUT2D eigenvalue weighted by molar-refractivity contribution is 7.90. The molecule has 0 amide bonds. The lowest BCUT2D eigenvalue weighted by Gasteiger charge is -2.15. The van der Waals surface area contributed by atoms with E-state index in [2.05, 4.69) is 10.6 Å². The van der Waals surface area contributed by atoms with Crippen molar-refractivity contribution in [2.75, 3.05) is 16.9 Å². The van der Waals surface area contributed by atoms with Crippen LogP contribution in [0.3, 0.4) is 0 Å². The minimum Gasteiger partial charge on any atom is -0.382 e. The van der Waals surface area contributed by atoms with E-state index in [1.807, 2.05) is 18.2 Å². The smallest absolute Gasteiger partial charge is 0.311 e. The van der Waals surface area contributed by atoms with Gasteiger partial charge in [-0.1, -0.05) is 25.0 Å². The topological polar surface area (TPSA) is 101 Å². The number of nitro benzene ring substituents is 1. The standard InChI is InChI=1S/C18H21N3O4S/c1-26(24,25)17-11-5-10-16(18(17)21(22)23)20-15-9-4-8-14(12-15)19-13-6-2-3-7-13/h4-5,8-13,19-20H,2-3,6-7H2,1H3. The largest absolute Gasteiger partial charge is 0.382 e. The van der Waals surface area contributed by atoms with Gasteiger partial charge in [0.15, 0.2) is 9.84 Å². The number of nitrogens with one attached hydrogen (secondary N) is 2. The third-order valence-electron chi connectivity index (χ3n) is 4.45. The molecule has 1 aliphatic carbocycles. The van der Waals surface area contributed by atoms with Crippen molar-refractivity contribution in [2.45, 2.75) is 36.6 Å². The summed E-state index contributed by atoms with van der Waals surface area (Å²) in [7, 11) is -3.71. The SMILES string of the molecule is CS(=O)(=O)c1cccc(Nc2cccc(NC3CCCC3)c2)c1[N+](=O)[O-]. The second-order valence-electron chi connectivity index (χ2n) is 6.51. The molecule has 7 nitrogen and oxygen atoms in total. The van der Waals surface area contributed by atoms with Crippen LogP contribution in [0.25, 0.3) is 0 Å². The molecule has 0 aromatic heterocycles. The Morgan fingerprint density at radius 2 is 1.73 bits per heavy atom. The van der Waals surface area contributed by atoms with Crippen LogP contribution in [0.1, 0.15) is 25.7 Å². The number of para-hydroxylation sites is 1. The van der Waals surface area contributed by atoms with E-state index in [0.29, 0.717) is 11.7 Å². The molecule has 0 atom stereocenters. The van der Waals surface area contributed by atoms with Gasteiger partial charge >= 0.3 is 5.69 Å². The van der Waals surface area contributed by atoms with Gasteiger partial charge in [-0.15, -0.1) is 0 Å². The minimum absolute atomic E-state index is 0.149. The number of sulfone groups is 1. The highest BCUT2D eigenvalue weighted by Gasteiger charge is 2.26. The summed E-state index contributed by atoms with van der Waals surface area (Å²) >= 11 is 0. The predicted octanol–water partition coefficient (Wildman–Crippen LogP) is 4.10. The Morgan fingerprint density at radius 1 is 1.08 bits per heavy atom. The first-order valence-electron chi connectivity index (χ1n) is 8.46. The Morgan fingerprint density at radius 3 is 2.38 bits per heavy atom. The molecule has 0 saturated heterocycles. The number of benzene rings is 2. The Labute approximate surface area is 152 Å². The molecule has 0 spiro atoms. The molecule has 8 heteroatoms. The molecule has 26 heavy (non-hydrogen) atoms. The van der Waals surface area contributed by atoms with Gasteiger partial charge in [-0.05, 0) is 43.2 Å². The first-order chi connectivity index (χ1) is 12.3. The van der Waals surface area contributed by atoms with E-state index >= 15 is 0 Å². The molecule has 1 fully saturated rings. The Bertz CT molecular complexity index is 922. The van der Waals surface area contributed by atoms with E-state index in [9.17, 15) is 18.5 Å². The molecule has 1 aliphatic rings. The fourth-order valence-electron chi connectivity index (χ4n) is 3.26. The monoisotopic (exact) mass is 375 g/mol. The third kappa shape index (κ3) is 4.13. The van der Waals surface area contributed by atoms with Crippen molar-refractivity contribution in [1.29, 1.82) is 0 Å². The maximum Gasteiger partial charge on any atom is 0.311 e. The maximum absolute atomic E-state index is 11.9. The zero-order valence-electron chi connectivity index (χ0n) is 14.4. The number of hydrogen-bond donors (Lipinski definition) is 2. The number of hydrogen-bond acceptors (Lipinski definition) is 6. The highest BCUT2D eigenvalue weighted by atomic mass is 32.2. The van der Waals surface area contributed by atoms with Gasteiger partial charge in [-0.25, -0.2) is 8.42 Å². The van der Waals surface area contributed by atoms with Crippen molar-refractivity contribution in [2.24, 2.45) is 0 Å². The van der Waals surface area contributed by atoms with Gasteiger partial charge in [0.2, 0.25) is 0 Å². The normalized spacial score (nSPS) is 15.0. The average Bonchev–Trinajstić information content (AvgIpc) is 3.07. The van der Waals surface area contributed by atoms with E-state index in [0.717, 1.165) is 24.8 Å².